The summed E-state index contributed by atoms with van der Waals surface area (Å²) in [5, 5.41) is 3.07. The molecule has 154 valence electrons. The van der Waals surface area contributed by atoms with Gasteiger partial charge in [0.05, 0.1) is 10.4 Å². The summed E-state index contributed by atoms with van der Waals surface area (Å²) in [6.45, 7) is 4.36. The largest absolute Gasteiger partial charge is 0.417 e. The second-order valence-corrected chi connectivity index (χ2v) is 8.65. The molecule has 2 aromatic heterocycles. The van der Waals surface area contributed by atoms with Crippen LogP contribution in [0.25, 0.3) is 11.1 Å². The van der Waals surface area contributed by atoms with Crippen LogP contribution in [0, 0.1) is 6.92 Å². The summed E-state index contributed by atoms with van der Waals surface area (Å²) in [6, 6.07) is 6.15. The van der Waals surface area contributed by atoms with Gasteiger partial charge in [-0.2, -0.15) is 4.98 Å². The van der Waals surface area contributed by atoms with E-state index in [-0.39, 0.29) is 11.4 Å². The number of aryl methyl sites for hydroxylation is 1. The molecule has 4 rings (SSSR count). The van der Waals surface area contributed by atoms with E-state index in [2.05, 4.69) is 29.9 Å². The number of hydrogen-bond donors (Lipinski definition) is 3. The van der Waals surface area contributed by atoms with Crippen molar-refractivity contribution in [2.75, 3.05) is 36.4 Å². The lowest BCUT2D eigenvalue weighted by atomic mass is 10.3. The van der Waals surface area contributed by atoms with E-state index >= 15 is 0 Å². The van der Waals surface area contributed by atoms with Crippen LogP contribution in [0.4, 0.5) is 11.8 Å². The standard InChI is InChI=1S/C18H22N6O4S/c1-12-10-16(24-8-2-3-9-24)23-17(21-12)19-6-7-20-29(26,27)13-4-5-15-14(11-13)22-18(25)28-15/h4-5,10-11,20H,2-3,6-9H2,1H3,(H,22,25)(H,19,21,23). The SMILES string of the molecule is Cc1cc(N2CCCC2)nc(NCCNS(=O)(=O)c2ccc3oc(=O)[nH]c3c2)n1. The van der Waals surface area contributed by atoms with Crippen LogP contribution in [-0.4, -0.2) is 49.5 Å². The molecule has 0 aliphatic carbocycles. The summed E-state index contributed by atoms with van der Waals surface area (Å²) in [7, 11) is -3.73. The van der Waals surface area contributed by atoms with Crippen molar-refractivity contribution in [2.24, 2.45) is 0 Å². The molecule has 3 aromatic rings. The van der Waals surface area contributed by atoms with Crippen molar-refractivity contribution in [1.82, 2.24) is 19.7 Å². The van der Waals surface area contributed by atoms with Gasteiger partial charge in [-0.1, -0.05) is 0 Å². The first-order valence-electron chi connectivity index (χ1n) is 9.38. The molecule has 1 aliphatic heterocycles. The Bertz CT molecular complexity index is 1180. The van der Waals surface area contributed by atoms with Gasteiger partial charge in [0.15, 0.2) is 5.58 Å². The predicted octanol–water partition coefficient (Wildman–Crippen LogP) is 1.21. The smallest absolute Gasteiger partial charge is 0.408 e. The van der Waals surface area contributed by atoms with Crippen LogP contribution < -0.4 is 20.7 Å². The Morgan fingerprint density at radius 3 is 2.76 bits per heavy atom. The van der Waals surface area contributed by atoms with Crippen molar-refractivity contribution in [3.63, 3.8) is 0 Å². The number of nitrogens with zero attached hydrogens (tertiary/aromatic N) is 3. The third-order valence-electron chi connectivity index (χ3n) is 4.67. The minimum absolute atomic E-state index is 0.0465. The molecule has 0 atom stereocenters. The lowest BCUT2D eigenvalue weighted by molar-refractivity contribution is 0.555. The summed E-state index contributed by atoms with van der Waals surface area (Å²) in [5.74, 6) is 0.738. The molecule has 1 aromatic carbocycles. The first-order valence-corrected chi connectivity index (χ1v) is 10.9. The zero-order chi connectivity index (χ0) is 20.4. The lowest BCUT2D eigenvalue weighted by Crippen LogP contribution is -2.29. The van der Waals surface area contributed by atoms with Crippen LogP contribution in [0.2, 0.25) is 0 Å². The van der Waals surface area contributed by atoms with Crippen molar-refractivity contribution < 1.29 is 12.8 Å². The Balaban J connectivity index is 1.37. The molecule has 3 heterocycles. The average molecular weight is 418 g/mol. The van der Waals surface area contributed by atoms with E-state index in [9.17, 15) is 13.2 Å². The number of H-pyrrole nitrogens is 1. The monoisotopic (exact) mass is 418 g/mol. The average Bonchev–Trinajstić information content (AvgIpc) is 3.33. The number of aromatic amines is 1. The molecule has 0 amide bonds. The molecule has 29 heavy (non-hydrogen) atoms. The van der Waals surface area contributed by atoms with Crippen molar-refractivity contribution in [1.29, 1.82) is 0 Å². The fourth-order valence-electron chi connectivity index (χ4n) is 3.28. The van der Waals surface area contributed by atoms with Gasteiger partial charge in [0.25, 0.3) is 0 Å². The first-order chi connectivity index (χ1) is 13.9. The minimum Gasteiger partial charge on any atom is -0.408 e. The quantitative estimate of drug-likeness (QED) is 0.488. The van der Waals surface area contributed by atoms with Gasteiger partial charge in [-0.25, -0.2) is 22.9 Å². The molecule has 3 N–H and O–H groups in total. The number of fused-ring (bicyclic) bond motifs is 1. The van der Waals surface area contributed by atoms with Gasteiger partial charge in [0.1, 0.15) is 5.82 Å². The second kappa shape index (κ2) is 7.84. The fourth-order valence-corrected chi connectivity index (χ4v) is 4.34. The molecule has 10 nitrogen and oxygen atoms in total. The van der Waals surface area contributed by atoms with Gasteiger partial charge in [0, 0.05) is 37.9 Å². The van der Waals surface area contributed by atoms with E-state index in [1.807, 2.05) is 13.0 Å². The maximum atomic E-state index is 12.5. The number of oxazole rings is 1. The van der Waals surface area contributed by atoms with E-state index in [0.29, 0.717) is 23.6 Å². The van der Waals surface area contributed by atoms with Crippen molar-refractivity contribution >= 4 is 32.9 Å². The third kappa shape index (κ3) is 4.40. The zero-order valence-corrected chi connectivity index (χ0v) is 16.8. The van der Waals surface area contributed by atoms with E-state index in [1.165, 1.54) is 18.2 Å². The molecule has 0 unspecified atom stereocenters. The van der Waals surface area contributed by atoms with E-state index in [0.717, 1.165) is 37.4 Å². The minimum atomic E-state index is -3.73. The van der Waals surface area contributed by atoms with Gasteiger partial charge < -0.3 is 14.6 Å². The Morgan fingerprint density at radius 2 is 1.97 bits per heavy atom. The second-order valence-electron chi connectivity index (χ2n) is 6.88. The van der Waals surface area contributed by atoms with Crippen molar-refractivity contribution in [2.45, 2.75) is 24.7 Å². The molecule has 1 fully saturated rings. The van der Waals surface area contributed by atoms with E-state index < -0.39 is 15.8 Å². The summed E-state index contributed by atoms with van der Waals surface area (Å²) >= 11 is 0. The predicted molar refractivity (Wildman–Crippen MR) is 109 cm³/mol. The topological polar surface area (TPSA) is 133 Å². The maximum absolute atomic E-state index is 12.5. The van der Waals surface area contributed by atoms with Crippen LogP contribution in [0.15, 0.2) is 38.4 Å². The zero-order valence-electron chi connectivity index (χ0n) is 15.9. The molecular weight excluding hydrogens is 396 g/mol. The Kier molecular flexibility index (Phi) is 5.24. The van der Waals surface area contributed by atoms with Crippen LogP contribution in [-0.2, 0) is 10.0 Å². The number of hydrogen-bond acceptors (Lipinski definition) is 8. The maximum Gasteiger partial charge on any atom is 0.417 e. The molecular formula is C18H22N6O4S. The number of aromatic nitrogens is 3. The summed E-state index contributed by atoms with van der Waals surface area (Å²) in [5.41, 5.74) is 1.49. The Hall–Kier alpha value is -2.92. The van der Waals surface area contributed by atoms with Gasteiger partial charge in [-0.3, -0.25) is 4.98 Å². The molecule has 0 spiro atoms. The van der Waals surface area contributed by atoms with Crippen LogP contribution in [0.3, 0.4) is 0 Å². The molecule has 11 heteroatoms. The highest BCUT2D eigenvalue weighted by molar-refractivity contribution is 7.89. The van der Waals surface area contributed by atoms with Gasteiger partial charge >= 0.3 is 5.76 Å². The summed E-state index contributed by atoms with van der Waals surface area (Å²) in [6.07, 6.45) is 2.32. The van der Waals surface area contributed by atoms with Gasteiger partial charge in [0.2, 0.25) is 16.0 Å². The molecule has 0 saturated carbocycles. The molecule has 1 saturated heterocycles. The van der Waals surface area contributed by atoms with Crippen LogP contribution >= 0.6 is 0 Å². The van der Waals surface area contributed by atoms with Crippen molar-refractivity contribution in [3.05, 3.63) is 40.5 Å². The number of anilines is 2. The van der Waals surface area contributed by atoms with Crippen molar-refractivity contribution in [3.8, 4) is 0 Å². The van der Waals surface area contributed by atoms with E-state index in [4.69, 9.17) is 4.42 Å². The van der Waals surface area contributed by atoms with E-state index in [1.54, 1.807) is 0 Å². The highest BCUT2D eigenvalue weighted by atomic mass is 32.2. The summed E-state index contributed by atoms with van der Waals surface area (Å²) in [4.78, 5) is 24.8. The molecule has 0 bridgehead atoms. The highest BCUT2D eigenvalue weighted by Gasteiger charge is 2.17. The normalized spacial score (nSPS) is 14.6. The third-order valence-corrected chi connectivity index (χ3v) is 6.13. The number of benzene rings is 1. The summed E-state index contributed by atoms with van der Waals surface area (Å²) < 4.78 is 32.4. The number of nitrogens with one attached hydrogen (secondary N) is 3. The fraction of sp³-hybridized carbons (Fsp3) is 0.389. The molecule has 1 aliphatic rings. The Labute approximate surface area is 167 Å². The van der Waals surface area contributed by atoms with Gasteiger partial charge in [-0.15, -0.1) is 0 Å². The van der Waals surface area contributed by atoms with Crippen LogP contribution in [0.5, 0.6) is 0 Å². The number of rotatable bonds is 7. The van der Waals surface area contributed by atoms with Gasteiger partial charge in [-0.05, 0) is 38.0 Å². The first kappa shape index (κ1) is 19.4. The Morgan fingerprint density at radius 1 is 1.17 bits per heavy atom. The molecule has 0 radical (unpaired) electrons. The lowest BCUT2D eigenvalue weighted by Gasteiger charge is -2.17. The highest BCUT2D eigenvalue weighted by Crippen LogP contribution is 2.20. The number of sulfonamides is 1. The van der Waals surface area contributed by atoms with Crippen LogP contribution in [0.1, 0.15) is 18.5 Å².